The van der Waals surface area contributed by atoms with E-state index in [1.165, 1.54) is 31.7 Å². The molecule has 10 heteroatoms. The number of benzene rings is 4. The Morgan fingerprint density at radius 3 is 2.26 bits per heavy atom. The highest BCUT2D eigenvalue weighted by molar-refractivity contribution is 6.58. The number of nitrogen functional groups attached to an aromatic ring is 2. The molecular weight excluding hydrogens is 595 g/mol. The highest BCUT2D eigenvalue weighted by Gasteiger charge is 2.21. The number of fused-ring (bicyclic) bond motifs is 1. The third-order valence-corrected chi connectivity index (χ3v) is 8.46. The second-order valence-corrected chi connectivity index (χ2v) is 12.2. The summed E-state index contributed by atoms with van der Waals surface area (Å²) in [6.07, 6.45) is 8.89. The maximum Gasteiger partial charge on any atom is 0.488 e. The van der Waals surface area contributed by atoms with Gasteiger partial charge in [0, 0.05) is 28.3 Å². The first kappa shape index (κ1) is 33.0. The fourth-order valence-electron chi connectivity index (χ4n) is 5.77. The van der Waals surface area contributed by atoms with E-state index in [2.05, 4.69) is 35.6 Å². The van der Waals surface area contributed by atoms with E-state index >= 15 is 0 Å². The number of hydrogen-bond donors (Lipinski definition) is 6. The molecule has 2 unspecified atom stereocenters. The summed E-state index contributed by atoms with van der Waals surface area (Å²) >= 11 is 6.28. The summed E-state index contributed by atoms with van der Waals surface area (Å²) in [6, 6.07) is 28.5. The molecule has 6 rings (SSSR count). The SMILES string of the molecule is NCC1CCCC(CNc2nc(C=Cc3ccc(-c4cccc(N)c4)cc3)nc3cc(Cl)ccc23)C1.Nc1cccc(B(O)O)c1. The molecule has 0 spiro atoms. The smallest absolute Gasteiger partial charge is 0.423 e. The monoisotopic (exact) mass is 634 g/mol. The number of hydrogen-bond acceptors (Lipinski definition) is 8. The molecular formula is C36H40BClN6O2. The van der Waals surface area contributed by atoms with Gasteiger partial charge in [0.2, 0.25) is 0 Å². The van der Waals surface area contributed by atoms with Gasteiger partial charge in [-0.3, -0.25) is 0 Å². The summed E-state index contributed by atoms with van der Waals surface area (Å²) in [5.41, 5.74) is 23.1. The summed E-state index contributed by atoms with van der Waals surface area (Å²) in [6.45, 7) is 1.67. The highest BCUT2D eigenvalue weighted by Crippen LogP contribution is 2.30. The Morgan fingerprint density at radius 1 is 0.826 bits per heavy atom. The Balaban J connectivity index is 0.000000356. The molecule has 0 radical (unpaired) electrons. The van der Waals surface area contributed by atoms with Crippen LogP contribution in [0.15, 0.2) is 91.0 Å². The molecule has 46 heavy (non-hydrogen) atoms. The molecule has 1 heterocycles. The topological polar surface area (TPSA) is 156 Å². The number of nitrogens with one attached hydrogen (secondary N) is 1. The Morgan fingerprint density at radius 2 is 1.57 bits per heavy atom. The van der Waals surface area contributed by atoms with Gasteiger partial charge >= 0.3 is 7.12 Å². The molecule has 1 aliphatic rings. The number of anilines is 3. The molecule has 236 valence electrons. The van der Waals surface area contributed by atoms with Gasteiger partial charge in [0.1, 0.15) is 5.82 Å². The maximum atomic E-state index is 8.65. The van der Waals surface area contributed by atoms with Gasteiger partial charge in [-0.25, -0.2) is 9.97 Å². The summed E-state index contributed by atoms with van der Waals surface area (Å²) in [5.74, 6) is 2.75. The largest absolute Gasteiger partial charge is 0.488 e. The van der Waals surface area contributed by atoms with E-state index in [4.69, 9.17) is 48.8 Å². The Labute approximate surface area is 275 Å². The van der Waals surface area contributed by atoms with Crippen LogP contribution >= 0.6 is 11.6 Å². The third kappa shape index (κ3) is 9.08. The van der Waals surface area contributed by atoms with Crippen molar-refractivity contribution in [3.63, 3.8) is 0 Å². The number of nitrogens with two attached hydrogens (primary N) is 3. The maximum absolute atomic E-state index is 8.65. The molecule has 0 bridgehead atoms. The number of aromatic nitrogens is 2. The highest BCUT2D eigenvalue weighted by atomic mass is 35.5. The van der Waals surface area contributed by atoms with Gasteiger partial charge in [-0.15, -0.1) is 0 Å². The molecule has 0 aliphatic heterocycles. The van der Waals surface area contributed by atoms with Gasteiger partial charge in [-0.1, -0.05) is 72.6 Å². The van der Waals surface area contributed by atoms with E-state index in [-0.39, 0.29) is 0 Å². The van der Waals surface area contributed by atoms with Crippen molar-refractivity contribution in [3.8, 4) is 11.1 Å². The van der Waals surface area contributed by atoms with Gasteiger partial charge < -0.3 is 32.6 Å². The zero-order chi connectivity index (χ0) is 32.5. The lowest BCUT2D eigenvalue weighted by atomic mass is 9.80. The van der Waals surface area contributed by atoms with Crippen LogP contribution in [0.1, 0.15) is 37.1 Å². The molecule has 8 nitrogen and oxygen atoms in total. The molecule has 1 fully saturated rings. The average Bonchev–Trinajstić information content (AvgIpc) is 3.06. The minimum Gasteiger partial charge on any atom is -0.423 e. The zero-order valence-corrected chi connectivity index (χ0v) is 26.4. The standard InChI is InChI=1S/C30H32ClN5.C6H8BNO2/c31-25-12-13-27-28(17-25)35-29(36-30(27)34-19-22-4-1-3-21(15-22)18-32)14-9-20-7-10-23(11-8-20)24-5-2-6-26(33)16-24;8-6-3-1-2-5(4-6)7(9)10/h2,5-14,16-17,21-22H,1,3-4,15,18-19,32-33H2,(H,34,35,36);1-4,9-10H,8H2. The van der Waals surface area contributed by atoms with E-state index in [1.54, 1.807) is 18.2 Å². The predicted octanol–water partition coefficient (Wildman–Crippen LogP) is 5.83. The summed E-state index contributed by atoms with van der Waals surface area (Å²) < 4.78 is 0. The van der Waals surface area contributed by atoms with E-state index in [0.29, 0.717) is 33.8 Å². The molecule has 9 N–H and O–H groups in total. The van der Waals surface area contributed by atoms with Crippen LogP contribution in [0.4, 0.5) is 17.2 Å². The first-order valence-electron chi connectivity index (χ1n) is 15.5. The van der Waals surface area contributed by atoms with Crippen LogP contribution in [0.25, 0.3) is 34.2 Å². The molecule has 4 aromatic carbocycles. The van der Waals surface area contributed by atoms with Crippen molar-refractivity contribution in [1.82, 2.24) is 9.97 Å². The first-order valence-corrected chi connectivity index (χ1v) is 15.9. The van der Waals surface area contributed by atoms with Gasteiger partial charge in [0.15, 0.2) is 5.82 Å². The lowest BCUT2D eigenvalue weighted by Gasteiger charge is -2.28. The van der Waals surface area contributed by atoms with Crippen molar-refractivity contribution in [3.05, 3.63) is 107 Å². The second kappa shape index (κ2) is 15.7. The number of nitrogens with zero attached hydrogens (tertiary/aromatic N) is 2. The van der Waals surface area contributed by atoms with Crippen LogP contribution in [0.5, 0.6) is 0 Å². The lowest BCUT2D eigenvalue weighted by Crippen LogP contribution is -2.29. The molecule has 2 atom stereocenters. The molecule has 0 amide bonds. The van der Waals surface area contributed by atoms with E-state index in [1.807, 2.05) is 48.6 Å². The normalized spacial score (nSPS) is 16.2. The van der Waals surface area contributed by atoms with Crippen LogP contribution in [-0.4, -0.2) is 40.2 Å². The van der Waals surface area contributed by atoms with E-state index < -0.39 is 7.12 Å². The minimum atomic E-state index is -1.43. The molecule has 1 saturated carbocycles. The molecule has 1 aliphatic carbocycles. The fourth-order valence-corrected chi connectivity index (χ4v) is 5.93. The fraction of sp³-hybridized carbons (Fsp3) is 0.222. The summed E-state index contributed by atoms with van der Waals surface area (Å²) in [5, 5.41) is 22.6. The van der Waals surface area contributed by atoms with Crippen LogP contribution in [0.2, 0.25) is 5.02 Å². The molecule has 1 aromatic heterocycles. The summed E-state index contributed by atoms with van der Waals surface area (Å²) in [7, 11) is -1.43. The third-order valence-electron chi connectivity index (χ3n) is 8.22. The number of halogens is 1. The van der Waals surface area contributed by atoms with Crippen molar-refractivity contribution < 1.29 is 10.0 Å². The van der Waals surface area contributed by atoms with Gasteiger partial charge in [0.25, 0.3) is 0 Å². The van der Waals surface area contributed by atoms with E-state index in [0.717, 1.165) is 52.2 Å². The Bertz CT molecular complexity index is 1780. The van der Waals surface area contributed by atoms with Crippen LogP contribution in [0.3, 0.4) is 0 Å². The van der Waals surface area contributed by atoms with E-state index in [9.17, 15) is 0 Å². The van der Waals surface area contributed by atoms with Crippen molar-refractivity contribution in [2.24, 2.45) is 17.6 Å². The molecule has 5 aromatic rings. The quantitative estimate of drug-likeness (QED) is 0.0920. The predicted molar refractivity (Wildman–Crippen MR) is 193 cm³/mol. The van der Waals surface area contributed by atoms with Crippen LogP contribution in [0, 0.1) is 11.8 Å². The van der Waals surface area contributed by atoms with Gasteiger partial charge in [-0.2, -0.15) is 0 Å². The Kier molecular flexibility index (Phi) is 11.3. The first-order chi connectivity index (χ1) is 22.3. The van der Waals surface area contributed by atoms with Crippen molar-refractivity contribution >= 4 is 64.4 Å². The molecule has 0 saturated heterocycles. The Hall–Kier alpha value is -4.41. The zero-order valence-electron chi connectivity index (χ0n) is 25.7. The van der Waals surface area contributed by atoms with Gasteiger partial charge in [-0.05, 0) is 108 Å². The van der Waals surface area contributed by atoms with Crippen LogP contribution in [-0.2, 0) is 0 Å². The minimum absolute atomic E-state index is 0.417. The van der Waals surface area contributed by atoms with Crippen molar-refractivity contribution in [2.75, 3.05) is 29.9 Å². The summed E-state index contributed by atoms with van der Waals surface area (Å²) in [4.78, 5) is 9.61. The number of rotatable bonds is 8. The van der Waals surface area contributed by atoms with Crippen molar-refractivity contribution in [2.45, 2.75) is 25.7 Å². The van der Waals surface area contributed by atoms with Crippen LogP contribution < -0.4 is 28.0 Å². The van der Waals surface area contributed by atoms with Crippen molar-refractivity contribution in [1.29, 1.82) is 0 Å². The lowest BCUT2D eigenvalue weighted by molar-refractivity contribution is 0.281. The second-order valence-electron chi connectivity index (χ2n) is 11.7. The average molecular weight is 635 g/mol. The van der Waals surface area contributed by atoms with Gasteiger partial charge in [0.05, 0.1) is 5.52 Å².